The van der Waals surface area contributed by atoms with Crippen molar-refractivity contribution in [2.45, 2.75) is 13.0 Å². The first-order valence-corrected chi connectivity index (χ1v) is 7.88. The van der Waals surface area contributed by atoms with E-state index in [1.165, 1.54) is 0 Å². The summed E-state index contributed by atoms with van der Waals surface area (Å²) < 4.78 is 5.47. The van der Waals surface area contributed by atoms with E-state index in [1.807, 2.05) is 43.3 Å². The summed E-state index contributed by atoms with van der Waals surface area (Å²) >= 11 is 0. The van der Waals surface area contributed by atoms with Gasteiger partial charge in [-0.3, -0.25) is 14.5 Å². The number of anilines is 1. The third-order valence-electron chi connectivity index (χ3n) is 4.54. The van der Waals surface area contributed by atoms with Gasteiger partial charge in [0.1, 0.15) is 6.54 Å². The first-order valence-electron chi connectivity index (χ1n) is 7.88. The molecule has 1 atom stereocenters. The lowest BCUT2D eigenvalue weighted by atomic mass is 10.1. The summed E-state index contributed by atoms with van der Waals surface area (Å²) in [5.41, 5.74) is 1.51. The Morgan fingerprint density at radius 1 is 1.26 bits per heavy atom. The van der Waals surface area contributed by atoms with Crippen molar-refractivity contribution in [1.29, 1.82) is 0 Å². The highest BCUT2D eigenvalue weighted by Crippen LogP contribution is 2.37. The molecular formula is C18H18N2O3. The van der Waals surface area contributed by atoms with Crippen LogP contribution in [0, 0.1) is 0 Å². The fourth-order valence-corrected chi connectivity index (χ4v) is 3.42. The number of hydrogen-bond donors (Lipinski definition) is 0. The van der Waals surface area contributed by atoms with Gasteiger partial charge in [0.25, 0.3) is 5.91 Å². The maximum absolute atomic E-state index is 12.7. The van der Waals surface area contributed by atoms with Gasteiger partial charge in [-0.25, -0.2) is 0 Å². The molecule has 23 heavy (non-hydrogen) atoms. The summed E-state index contributed by atoms with van der Waals surface area (Å²) in [5, 5.41) is 1.98. The highest BCUT2D eigenvalue weighted by molar-refractivity contribution is 6.26. The molecule has 2 heterocycles. The van der Waals surface area contributed by atoms with Crippen molar-refractivity contribution < 1.29 is 14.3 Å². The van der Waals surface area contributed by atoms with Gasteiger partial charge < -0.3 is 9.64 Å². The van der Waals surface area contributed by atoms with E-state index in [2.05, 4.69) is 0 Å². The van der Waals surface area contributed by atoms with Crippen LogP contribution in [0.25, 0.3) is 10.8 Å². The number of carbonyl (C=O) groups is 2. The van der Waals surface area contributed by atoms with Crippen LogP contribution in [-0.4, -0.2) is 49.1 Å². The molecule has 2 aliphatic rings. The maximum atomic E-state index is 12.7. The lowest BCUT2D eigenvalue weighted by molar-refractivity contribution is -0.136. The number of hydrogen-bond acceptors (Lipinski definition) is 3. The quantitative estimate of drug-likeness (QED) is 0.853. The van der Waals surface area contributed by atoms with Crippen molar-refractivity contribution in [3.8, 4) is 0 Å². The molecule has 5 nitrogen and oxygen atoms in total. The second-order valence-electron chi connectivity index (χ2n) is 6.09. The number of ether oxygens (including phenoxy) is 1. The van der Waals surface area contributed by atoms with Gasteiger partial charge >= 0.3 is 0 Å². The smallest absolute Gasteiger partial charge is 0.259 e. The summed E-state index contributed by atoms with van der Waals surface area (Å²) in [6.45, 7) is 3.76. The molecule has 0 bridgehead atoms. The fraction of sp³-hybridized carbons (Fsp3) is 0.333. The van der Waals surface area contributed by atoms with Crippen LogP contribution < -0.4 is 4.90 Å². The van der Waals surface area contributed by atoms with Crippen LogP contribution in [0.3, 0.4) is 0 Å². The van der Waals surface area contributed by atoms with Crippen molar-refractivity contribution in [1.82, 2.24) is 4.90 Å². The largest absolute Gasteiger partial charge is 0.375 e. The maximum Gasteiger partial charge on any atom is 0.259 e. The average Bonchev–Trinajstić information content (AvgIpc) is 2.83. The third-order valence-corrected chi connectivity index (χ3v) is 4.54. The molecule has 0 saturated carbocycles. The molecule has 0 N–H and O–H groups in total. The first-order chi connectivity index (χ1) is 11.1. The molecule has 118 valence electrons. The Labute approximate surface area is 134 Å². The number of amides is 2. The summed E-state index contributed by atoms with van der Waals surface area (Å²) in [6, 6.07) is 11.5. The van der Waals surface area contributed by atoms with E-state index >= 15 is 0 Å². The second-order valence-corrected chi connectivity index (χ2v) is 6.09. The van der Waals surface area contributed by atoms with Crippen LogP contribution in [0.2, 0.25) is 0 Å². The van der Waals surface area contributed by atoms with Gasteiger partial charge in [0.2, 0.25) is 5.91 Å². The minimum absolute atomic E-state index is 0.0293. The van der Waals surface area contributed by atoms with Crippen molar-refractivity contribution in [3.63, 3.8) is 0 Å². The SMILES string of the molecule is C[C@@H]1CN(C(=O)CN2C(=O)c3cccc4cccc2c34)CCO1. The third kappa shape index (κ3) is 2.28. The highest BCUT2D eigenvalue weighted by Gasteiger charge is 2.32. The Morgan fingerprint density at radius 3 is 2.83 bits per heavy atom. The minimum Gasteiger partial charge on any atom is -0.375 e. The number of benzene rings is 2. The second kappa shape index (κ2) is 5.35. The summed E-state index contributed by atoms with van der Waals surface area (Å²) in [5.74, 6) is -0.121. The molecule has 1 fully saturated rings. The lowest BCUT2D eigenvalue weighted by Crippen LogP contribution is -2.48. The van der Waals surface area contributed by atoms with E-state index in [0.717, 1.165) is 16.5 Å². The Bertz CT molecular complexity index is 797. The lowest BCUT2D eigenvalue weighted by Gasteiger charge is -2.32. The van der Waals surface area contributed by atoms with E-state index < -0.39 is 0 Å². The molecule has 0 radical (unpaired) electrons. The molecule has 1 saturated heterocycles. The van der Waals surface area contributed by atoms with Crippen LogP contribution in [0.4, 0.5) is 5.69 Å². The molecular weight excluding hydrogens is 292 g/mol. The van der Waals surface area contributed by atoms with E-state index in [9.17, 15) is 9.59 Å². The van der Waals surface area contributed by atoms with Crippen LogP contribution >= 0.6 is 0 Å². The van der Waals surface area contributed by atoms with E-state index in [4.69, 9.17) is 4.74 Å². The molecule has 4 rings (SSSR count). The van der Waals surface area contributed by atoms with Crippen LogP contribution in [0.15, 0.2) is 36.4 Å². The molecule has 0 aromatic heterocycles. The van der Waals surface area contributed by atoms with Crippen molar-refractivity contribution in [2.75, 3.05) is 31.1 Å². The molecule has 0 aliphatic carbocycles. The fourth-order valence-electron chi connectivity index (χ4n) is 3.42. The van der Waals surface area contributed by atoms with E-state index in [0.29, 0.717) is 25.3 Å². The zero-order valence-electron chi connectivity index (χ0n) is 13.0. The van der Waals surface area contributed by atoms with Gasteiger partial charge in [-0.1, -0.05) is 24.3 Å². The Morgan fingerprint density at radius 2 is 2.04 bits per heavy atom. The zero-order valence-corrected chi connectivity index (χ0v) is 13.0. The summed E-state index contributed by atoms with van der Waals surface area (Å²) in [6.07, 6.45) is 0.0441. The van der Waals surface area contributed by atoms with Gasteiger partial charge in [-0.05, 0) is 24.4 Å². The van der Waals surface area contributed by atoms with Crippen molar-refractivity contribution in [3.05, 3.63) is 42.0 Å². The highest BCUT2D eigenvalue weighted by atomic mass is 16.5. The Hall–Kier alpha value is -2.40. The average molecular weight is 310 g/mol. The summed E-state index contributed by atoms with van der Waals surface area (Å²) in [4.78, 5) is 28.7. The molecule has 2 aromatic carbocycles. The molecule has 5 heteroatoms. The molecule has 2 aliphatic heterocycles. The van der Waals surface area contributed by atoms with Crippen LogP contribution in [0.1, 0.15) is 17.3 Å². The van der Waals surface area contributed by atoms with E-state index in [1.54, 1.807) is 9.80 Å². The standard InChI is InChI=1S/C18H18N2O3/c1-12-10-19(8-9-23-12)16(21)11-20-15-7-3-5-13-4-2-6-14(17(13)15)18(20)22/h2-7,12H,8-11H2,1H3/t12-/m1/s1. The zero-order chi connectivity index (χ0) is 16.0. The number of nitrogens with zero attached hydrogens (tertiary/aromatic N) is 2. The normalized spacial score (nSPS) is 20.4. The number of morpholine rings is 1. The molecule has 0 unspecified atom stereocenters. The number of rotatable bonds is 2. The Kier molecular flexibility index (Phi) is 3.31. The van der Waals surface area contributed by atoms with Crippen LogP contribution in [0.5, 0.6) is 0 Å². The Balaban J connectivity index is 1.63. The van der Waals surface area contributed by atoms with Gasteiger partial charge in [0.15, 0.2) is 0 Å². The first kappa shape index (κ1) is 14.2. The summed E-state index contributed by atoms with van der Waals surface area (Å²) in [7, 11) is 0. The van der Waals surface area contributed by atoms with Gasteiger partial charge in [0, 0.05) is 24.0 Å². The topological polar surface area (TPSA) is 49.9 Å². The number of carbonyl (C=O) groups excluding carboxylic acids is 2. The van der Waals surface area contributed by atoms with Crippen molar-refractivity contribution >= 4 is 28.3 Å². The molecule has 0 spiro atoms. The van der Waals surface area contributed by atoms with Gasteiger partial charge in [0.05, 0.1) is 18.4 Å². The molecule has 2 aromatic rings. The minimum atomic E-state index is -0.0912. The monoisotopic (exact) mass is 310 g/mol. The predicted octanol–water partition coefficient (Wildman–Crippen LogP) is 2.05. The van der Waals surface area contributed by atoms with Crippen LogP contribution in [-0.2, 0) is 9.53 Å². The van der Waals surface area contributed by atoms with Crippen molar-refractivity contribution in [2.24, 2.45) is 0 Å². The van der Waals surface area contributed by atoms with Gasteiger partial charge in [-0.2, -0.15) is 0 Å². The van der Waals surface area contributed by atoms with Gasteiger partial charge in [-0.15, -0.1) is 0 Å². The van der Waals surface area contributed by atoms with E-state index in [-0.39, 0.29) is 24.5 Å². The molecule has 2 amide bonds. The predicted molar refractivity (Wildman–Crippen MR) is 87.6 cm³/mol.